The van der Waals surface area contributed by atoms with Crippen LogP contribution in [0, 0.1) is 18.7 Å². The van der Waals surface area contributed by atoms with Crippen molar-refractivity contribution in [1.29, 1.82) is 0 Å². The average Bonchev–Trinajstić information content (AvgIpc) is 3.40. The van der Waals surface area contributed by atoms with Gasteiger partial charge in [-0.3, -0.25) is 14.0 Å². The Kier molecular flexibility index (Phi) is 5.94. The van der Waals surface area contributed by atoms with E-state index in [0.29, 0.717) is 34.8 Å². The molecule has 4 aromatic rings. The highest BCUT2D eigenvalue weighted by molar-refractivity contribution is 5.95. The summed E-state index contributed by atoms with van der Waals surface area (Å²) in [5, 5.41) is 3.03. The second-order valence-corrected chi connectivity index (χ2v) is 8.48. The highest BCUT2D eigenvalue weighted by Crippen LogP contribution is 2.37. The number of hydrogen-bond donors (Lipinski definition) is 1. The number of carbonyl (C=O) groups excluding carboxylic acids is 2. The van der Waals surface area contributed by atoms with Crippen molar-refractivity contribution >= 4 is 17.5 Å². The topological polar surface area (TPSA) is 81.9 Å². The number of methoxy groups -OCH3 is 1. The maximum atomic E-state index is 14.0. The van der Waals surface area contributed by atoms with Crippen molar-refractivity contribution in [1.82, 2.24) is 14.7 Å². The van der Waals surface area contributed by atoms with E-state index in [2.05, 4.69) is 10.3 Å². The third kappa shape index (κ3) is 4.12. The van der Waals surface area contributed by atoms with Crippen molar-refractivity contribution in [3.05, 3.63) is 101 Å². The molecule has 2 aromatic carbocycles. The van der Waals surface area contributed by atoms with Crippen molar-refractivity contribution in [2.75, 3.05) is 7.11 Å². The minimum atomic E-state index is -0.517. The Balaban J connectivity index is 1.44. The second kappa shape index (κ2) is 9.21. The molecular formula is C27H24FN3O4. The lowest BCUT2D eigenvalue weighted by atomic mass is 10.0. The van der Waals surface area contributed by atoms with E-state index in [4.69, 9.17) is 9.47 Å². The number of imidazole rings is 1. The first kappa shape index (κ1) is 22.6. The van der Waals surface area contributed by atoms with E-state index in [1.807, 2.05) is 24.3 Å². The Labute approximate surface area is 201 Å². The van der Waals surface area contributed by atoms with E-state index in [-0.39, 0.29) is 24.3 Å². The third-order valence-electron chi connectivity index (χ3n) is 6.37. The summed E-state index contributed by atoms with van der Waals surface area (Å²) in [7, 11) is 1.35. The Morgan fingerprint density at radius 1 is 1.11 bits per heavy atom. The highest BCUT2D eigenvalue weighted by atomic mass is 19.1. The molecule has 1 amide bonds. The number of nitrogens with one attached hydrogen (secondary N) is 1. The van der Waals surface area contributed by atoms with Crippen molar-refractivity contribution in [2.24, 2.45) is 5.92 Å². The zero-order valence-electron chi connectivity index (χ0n) is 19.3. The number of ether oxygens (including phenoxy) is 2. The number of amides is 1. The zero-order valence-corrected chi connectivity index (χ0v) is 19.3. The SMILES string of the molecule is COC(=O)[C@@H]1Cc2ccccc2[C@H]1NC(=O)c1c(C)nc2c(OCc3ccccc3F)cccn12. The Bertz CT molecular complexity index is 1430. The lowest BCUT2D eigenvalue weighted by Crippen LogP contribution is -2.35. The van der Waals surface area contributed by atoms with Crippen LogP contribution in [-0.4, -0.2) is 28.4 Å². The van der Waals surface area contributed by atoms with E-state index in [0.717, 1.165) is 11.1 Å². The molecule has 1 N–H and O–H groups in total. The molecule has 0 unspecified atom stereocenters. The first-order valence-electron chi connectivity index (χ1n) is 11.3. The van der Waals surface area contributed by atoms with Gasteiger partial charge in [0.05, 0.1) is 24.8 Å². The summed E-state index contributed by atoms with van der Waals surface area (Å²) in [4.78, 5) is 30.5. The van der Waals surface area contributed by atoms with Gasteiger partial charge in [-0.05, 0) is 42.7 Å². The molecule has 0 bridgehead atoms. The van der Waals surface area contributed by atoms with Crippen LogP contribution in [0.5, 0.6) is 5.75 Å². The lowest BCUT2D eigenvalue weighted by molar-refractivity contribution is -0.146. The quantitative estimate of drug-likeness (QED) is 0.425. The summed E-state index contributed by atoms with van der Waals surface area (Å²) in [5.41, 5.74) is 3.62. The van der Waals surface area contributed by atoms with Gasteiger partial charge in [0.2, 0.25) is 0 Å². The van der Waals surface area contributed by atoms with Gasteiger partial charge < -0.3 is 14.8 Å². The fourth-order valence-electron chi connectivity index (χ4n) is 4.67. The molecule has 178 valence electrons. The number of aromatic nitrogens is 2. The third-order valence-corrected chi connectivity index (χ3v) is 6.37. The van der Waals surface area contributed by atoms with E-state index in [9.17, 15) is 14.0 Å². The van der Waals surface area contributed by atoms with Gasteiger partial charge in [0.25, 0.3) is 5.91 Å². The van der Waals surface area contributed by atoms with Gasteiger partial charge in [-0.1, -0.05) is 42.5 Å². The Morgan fingerprint density at radius 3 is 2.69 bits per heavy atom. The number of pyridine rings is 1. The molecule has 5 rings (SSSR count). The number of aryl methyl sites for hydroxylation is 1. The van der Waals surface area contributed by atoms with Crippen molar-refractivity contribution in [3.8, 4) is 5.75 Å². The Morgan fingerprint density at radius 2 is 1.89 bits per heavy atom. The maximum Gasteiger partial charge on any atom is 0.311 e. The van der Waals surface area contributed by atoms with Crippen LogP contribution in [0.4, 0.5) is 4.39 Å². The highest BCUT2D eigenvalue weighted by Gasteiger charge is 2.39. The van der Waals surface area contributed by atoms with Crippen LogP contribution in [0.3, 0.4) is 0 Å². The molecule has 0 radical (unpaired) electrons. The molecule has 0 spiro atoms. The molecule has 1 aliphatic rings. The number of carbonyl (C=O) groups is 2. The lowest BCUT2D eigenvalue weighted by Gasteiger charge is -2.20. The summed E-state index contributed by atoms with van der Waals surface area (Å²) < 4.78 is 26.5. The second-order valence-electron chi connectivity index (χ2n) is 8.48. The van der Waals surface area contributed by atoms with Crippen LogP contribution in [0.1, 0.15) is 38.9 Å². The fourth-order valence-corrected chi connectivity index (χ4v) is 4.67. The molecule has 7 nitrogen and oxygen atoms in total. The molecule has 35 heavy (non-hydrogen) atoms. The van der Waals surface area contributed by atoms with Gasteiger partial charge in [-0.25, -0.2) is 9.37 Å². The molecular weight excluding hydrogens is 449 g/mol. The number of hydrogen-bond acceptors (Lipinski definition) is 5. The number of esters is 1. The first-order chi connectivity index (χ1) is 17.0. The fraction of sp³-hybridized carbons (Fsp3) is 0.222. The van der Waals surface area contributed by atoms with E-state index in [1.165, 1.54) is 13.2 Å². The van der Waals surface area contributed by atoms with Gasteiger partial charge in [0.15, 0.2) is 11.4 Å². The van der Waals surface area contributed by atoms with Crippen LogP contribution in [0.2, 0.25) is 0 Å². The van der Waals surface area contributed by atoms with Crippen molar-refractivity contribution < 1.29 is 23.5 Å². The number of halogens is 1. The molecule has 8 heteroatoms. The van der Waals surface area contributed by atoms with Gasteiger partial charge in [-0.2, -0.15) is 0 Å². The van der Waals surface area contributed by atoms with Gasteiger partial charge >= 0.3 is 5.97 Å². The Hall–Kier alpha value is -4.20. The average molecular weight is 474 g/mol. The monoisotopic (exact) mass is 473 g/mol. The first-order valence-corrected chi connectivity index (χ1v) is 11.3. The van der Waals surface area contributed by atoms with Gasteiger partial charge in [0, 0.05) is 11.8 Å². The molecule has 1 aliphatic carbocycles. The van der Waals surface area contributed by atoms with E-state index < -0.39 is 12.0 Å². The minimum Gasteiger partial charge on any atom is -0.485 e. The molecule has 0 aliphatic heterocycles. The van der Waals surface area contributed by atoms with Crippen LogP contribution in [0.25, 0.3) is 5.65 Å². The number of fused-ring (bicyclic) bond motifs is 2. The predicted molar refractivity (Wildman–Crippen MR) is 127 cm³/mol. The maximum absolute atomic E-state index is 14.0. The molecule has 2 atom stereocenters. The normalized spacial score (nSPS) is 16.7. The summed E-state index contributed by atoms with van der Waals surface area (Å²) in [6, 6.07) is 17.0. The number of nitrogens with zero attached hydrogens (tertiary/aromatic N) is 2. The van der Waals surface area contributed by atoms with Gasteiger partial charge in [-0.15, -0.1) is 0 Å². The smallest absolute Gasteiger partial charge is 0.311 e. The van der Waals surface area contributed by atoms with Crippen LogP contribution in [0.15, 0.2) is 66.9 Å². The zero-order chi connectivity index (χ0) is 24.5. The molecule has 0 saturated carbocycles. The molecule has 0 fully saturated rings. The van der Waals surface area contributed by atoms with E-state index >= 15 is 0 Å². The largest absolute Gasteiger partial charge is 0.485 e. The van der Waals surface area contributed by atoms with Crippen LogP contribution < -0.4 is 10.1 Å². The summed E-state index contributed by atoms with van der Waals surface area (Å²) in [5.74, 6) is -1.17. The standard InChI is InChI=1S/C27H24FN3O4/c1-16-24(26(32)30-23-19-10-5-3-8-17(19)14-20(23)27(33)34-2)31-13-7-12-22(25(31)29-16)35-15-18-9-4-6-11-21(18)28/h3-13,20,23H,14-15H2,1-2H3,(H,30,32)/t20-,23-/m1/s1. The molecule has 0 saturated heterocycles. The molecule has 2 heterocycles. The number of benzene rings is 2. The minimum absolute atomic E-state index is 0.0272. The van der Waals surface area contributed by atoms with Crippen molar-refractivity contribution in [3.63, 3.8) is 0 Å². The van der Waals surface area contributed by atoms with E-state index in [1.54, 1.807) is 47.9 Å². The predicted octanol–water partition coefficient (Wildman–Crippen LogP) is 4.18. The summed E-state index contributed by atoms with van der Waals surface area (Å²) in [6.07, 6.45) is 2.22. The summed E-state index contributed by atoms with van der Waals surface area (Å²) in [6.45, 7) is 1.77. The molecule has 2 aromatic heterocycles. The number of rotatable bonds is 6. The summed E-state index contributed by atoms with van der Waals surface area (Å²) >= 11 is 0. The van der Waals surface area contributed by atoms with Crippen LogP contribution in [-0.2, 0) is 22.6 Å². The van der Waals surface area contributed by atoms with Crippen molar-refractivity contribution in [2.45, 2.75) is 26.0 Å². The van der Waals surface area contributed by atoms with Gasteiger partial charge in [0.1, 0.15) is 18.1 Å². The van der Waals surface area contributed by atoms with Crippen LogP contribution >= 0.6 is 0 Å².